The zero-order valence-corrected chi connectivity index (χ0v) is 17.5. The van der Waals surface area contributed by atoms with Gasteiger partial charge in [-0.3, -0.25) is 4.79 Å². The van der Waals surface area contributed by atoms with E-state index in [2.05, 4.69) is 11.2 Å². The molecule has 2 rings (SSSR count). The van der Waals surface area contributed by atoms with Gasteiger partial charge in [-0.25, -0.2) is 4.79 Å². The van der Waals surface area contributed by atoms with E-state index in [-0.39, 0.29) is 30.5 Å². The van der Waals surface area contributed by atoms with Crippen molar-refractivity contribution in [1.29, 1.82) is 0 Å². The summed E-state index contributed by atoms with van der Waals surface area (Å²) in [5, 5.41) is 2.77. The van der Waals surface area contributed by atoms with Crippen molar-refractivity contribution >= 4 is 12.0 Å². The predicted octanol–water partition coefficient (Wildman–Crippen LogP) is 3.44. The van der Waals surface area contributed by atoms with Gasteiger partial charge in [-0.05, 0) is 46.8 Å². The molecule has 1 heterocycles. The molecule has 0 spiro atoms. The van der Waals surface area contributed by atoms with Crippen LogP contribution in [0, 0.1) is 18.3 Å². The quantitative estimate of drug-likeness (QED) is 0.808. The van der Waals surface area contributed by atoms with E-state index in [1.807, 2.05) is 46.4 Å². The summed E-state index contributed by atoms with van der Waals surface area (Å²) < 4.78 is 11.5. The zero-order valence-electron chi connectivity index (χ0n) is 17.5. The average molecular weight is 386 g/mol. The molecule has 28 heavy (non-hydrogen) atoms. The number of benzene rings is 1. The lowest BCUT2D eigenvalue weighted by atomic mass is 9.98. The van der Waals surface area contributed by atoms with Crippen LogP contribution < -0.4 is 10.1 Å². The first kappa shape index (κ1) is 21.6. The molecule has 1 aliphatic rings. The highest BCUT2D eigenvalue weighted by Gasteiger charge is 2.33. The largest absolute Gasteiger partial charge is 0.486 e. The van der Waals surface area contributed by atoms with Gasteiger partial charge in [0.1, 0.15) is 17.5 Å². The van der Waals surface area contributed by atoms with Gasteiger partial charge in [0.15, 0.2) is 0 Å². The molecule has 1 aliphatic heterocycles. The molecular weight excluding hydrogens is 356 g/mol. The van der Waals surface area contributed by atoms with Crippen LogP contribution in [0.15, 0.2) is 18.2 Å². The Kier molecular flexibility index (Phi) is 6.60. The number of amides is 2. The van der Waals surface area contributed by atoms with Crippen LogP contribution in [-0.4, -0.2) is 47.7 Å². The third-order valence-electron chi connectivity index (χ3n) is 4.52. The second-order valence-corrected chi connectivity index (χ2v) is 8.39. The molecule has 2 atom stereocenters. The van der Waals surface area contributed by atoms with Crippen LogP contribution in [0.1, 0.15) is 57.5 Å². The smallest absolute Gasteiger partial charge is 0.407 e. The highest BCUT2D eigenvalue weighted by molar-refractivity contribution is 5.98. The summed E-state index contributed by atoms with van der Waals surface area (Å²) in [7, 11) is 0. The Labute approximate surface area is 167 Å². The number of carbonyl (C=O) groups is 2. The number of rotatable bonds is 3. The maximum absolute atomic E-state index is 13.1. The number of hydrogen-bond donors (Lipinski definition) is 1. The van der Waals surface area contributed by atoms with Gasteiger partial charge in [0.25, 0.3) is 5.91 Å². The molecule has 0 unspecified atom stereocenters. The highest BCUT2D eigenvalue weighted by atomic mass is 16.6. The molecule has 0 saturated carbocycles. The number of alkyl carbamates (subject to hydrolysis) is 1. The Morgan fingerprint density at radius 2 is 2.11 bits per heavy atom. The van der Waals surface area contributed by atoms with Crippen LogP contribution in [0.4, 0.5) is 4.79 Å². The summed E-state index contributed by atoms with van der Waals surface area (Å²) >= 11 is 0. The number of para-hydroxylation sites is 1. The molecular formula is C22H30N2O4. The number of nitrogens with one attached hydrogen (secondary N) is 1. The van der Waals surface area contributed by atoms with Crippen LogP contribution in [0.2, 0.25) is 0 Å². The van der Waals surface area contributed by atoms with Gasteiger partial charge in [-0.1, -0.05) is 18.9 Å². The first-order valence-electron chi connectivity index (χ1n) is 9.57. The molecule has 0 aliphatic carbocycles. The molecule has 0 radical (unpaired) electrons. The summed E-state index contributed by atoms with van der Waals surface area (Å²) in [6.45, 7) is 12.1. The van der Waals surface area contributed by atoms with Crippen molar-refractivity contribution in [1.82, 2.24) is 10.2 Å². The van der Waals surface area contributed by atoms with Crippen molar-refractivity contribution < 1.29 is 19.1 Å². The Bertz CT molecular complexity index is 774. The molecule has 1 aromatic rings. The maximum atomic E-state index is 13.1. The third kappa shape index (κ3) is 5.19. The number of ether oxygens (including phenoxy) is 2. The average Bonchev–Trinajstić information content (AvgIpc) is 2.59. The maximum Gasteiger partial charge on any atom is 0.407 e. The van der Waals surface area contributed by atoms with Crippen molar-refractivity contribution in [2.45, 2.75) is 59.3 Å². The zero-order chi connectivity index (χ0) is 21.1. The minimum Gasteiger partial charge on any atom is -0.486 e. The molecule has 0 bridgehead atoms. The summed E-state index contributed by atoms with van der Waals surface area (Å²) in [4.78, 5) is 26.9. The lowest BCUT2D eigenvalue weighted by Crippen LogP contribution is -2.49. The van der Waals surface area contributed by atoms with Gasteiger partial charge in [-0.15, -0.1) is 6.42 Å². The predicted molar refractivity (Wildman–Crippen MR) is 108 cm³/mol. The van der Waals surface area contributed by atoms with Gasteiger partial charge >= 0.3 is 6.09 Å². The van der Waals surface area contributed by atoms with E-state index in [0.717, 1.165) is 0 Å². The highest BCUT2D eigenvalue weighted by Crippen LogP contribution is 2.30. The van der Waals surface area contributed by atoms with Gasteiger partial charge in [-0.2, -0.15) is 0 Å². The Morgan fingerprint density at radius 1 is 1.43 bits per heavy atom. The number of fused-ring (bicyclic) bond motifs is 1. The summed E-state index contributed by atoms with van der Waals surface area (Å²) in [6.07, 6.45) is 4.76. The third-order valence-corrected chi connectivity index (χ3v) is 4.52. The fraction of sp³-hybridized carbons (Fsp3) is 0.545. The van der Waals surface area contributed by atoms with Crippen molar-refractivity contribution in [3.05, 3.63) is 29.3 Å². The Hall–Kier alpha value is -2.68. The van der Waals surface area contributed by atoms with E-state index in [1.54, 1.807) is 18.2 Å². The minimum absolute atomic E-state index is 0.0230. The van der Waals surface area contributed by atoms with E-state index < -0.39 is 11.7 Å². The first-order valence-corrected chi connectivity index (χ1v) is 9.57. The molecule has 152 valence electrons. The number of terminal acetylenes is 1. The van der Waals surface area contributed by atoms with E-state index in [4.69, 9.17) is 15.9 Å². The summed E-state index contributed by atoms with van der Waals surface area (Å²) in [5.74, 6) is 2.85. The molecule has 0 saturated heterocycles. The van der Waals surface area contributed by atoms with E-state index in [0.29, 0.717) is 23.4 Å². The second kappa shape index (κ2) is 8.55. The van der Waals surface area contributed by atoms with Crippen molar-refractivity contribution in [3.63, 3.8) is 0 Å². The number of hydrogen-bond acceptors (Lipinski definition) is 4. The number of carbonyl (C=O) groups excluding carboxylic acids is 2. The fourth-order valence-corrected chi connectivity index (χ4v) is 3.07. The molecule has 1 N–H and O–H groups in total. The van der Waals surface area contributed by atoms with E-state index >= 15 is 0 Å². The SMILES string of the molecule is C#Cc1cccc2c1O[C@H](CNC(=O)OC(C)(C)C)[C@@H](C)CN(C(C)C)C2=O. The normalized spacial score (nSPS) is 19.8. The topological polar surface area (TPSA) is 67.9 Å². The monoisotopic (exact) mass is 386 g/mol. The second-order valence-electron chi connectivity index (χ2n) is 8.39. The van der Waals surface area contributed by atoms with Crippen molar-refractivity contribution in [2.24, 2.45) is 5.92 Å². The molecule has 0 aromatic heterocycles. The lowest BCUT2D eigenvalue weighted by Gasteiger charge is -2.37. The molecule has 6 heteroatoms. The summed E-state index contributed by atoms with van der Waals surface area (Å²) in [5.41, 5.74) is 0.381. The minimum atomic E-state index is -0.582. The van der Waals surface area contributed by atoms with Crippen LogP contribution >= 0.6 is 0 Å². The molecule has 1 aromatic carbocycles. The lowest BCUT2D eigenvalue weighted by molar-refractivity contribution is 0.0402. The van der Waals surface area contributed by atoms with Crippen LogP contribution in [-0.2, 0) is 4.74 Å². The Morgan fingerprint density at radius 3 is 2.68 bits per heavy atom. The van der Waals surface area contributed by atoms with E-state index in [1.165, 1.54) is 0 Å². The van der Waals surface area contributed by atoms with Crippen LogP contribution in [0.25, 0.3) is 0 Å². The Balaban J connectivity index is 2.33. The van der Waals surface area contributed by atoms with Crippen LogP contribution in [0.3, 0.4) is 0 Å². The summed E-state index contributed by atoms with van der Waals surface area (Å²) in [6, 6.07) is 5.25. The fourth-order valence-electron chi connectivity index (χ4n) is 3.07. The number of nitrogens with zero attached hydrogens (tertiary/aromatic N) is 1. The van der Waals surface area contributed by atoms with Crippen LogP contribution in [0.5, 0.6) is 5.75 Å². The van der Waals surface area contributed by atoms with Gasteiger partial charge in [0, 0.05) is 18.5 Å². The standard InChI is InChI=1S/C22H30N2O4/c1-8-16-10-9-11-17-19(16)27-18(12-23-21(26)28-22(5,6)7)15(4)13-24(14(2)3)20(17)25/h1,9-11,14-15,18H,12-13H2,2-7H3,(H,23,26)/t15-,18+/m0/s1. The molecule has 2 amide bonds. The van der Waals surface area contributed by atoms with Gasteiger partial charge < -0.3 is 19.7 Å². The molecule has 6 nitrogen and oxygen atoms in total. The van der Waals surface area contributed by atoms with Crippen molar-refractivity contribution in [3.8, 4) is 18.1 Å². The first-order chi connectivity index (χ1) is 13.0. The van der Waals surface area contributed by atoms with Gasteiger partial charge in [0.2, 0.25) is 0 Å². The molecule has 0 fully saturated rings. The van der Waals surface area contributed by atoms with Gasteiger partial charge in [0.05, 0.1) is 17.7 Å². The van der Waals surface area contributed by atoms with Crippen molar-refractivity contribution in [2.75, 3.05) is 13.1 Å². The van der Waals surface area contributed by atoms with E-state index in [9.17, 15) is 9.59 Å².